The van der Waals surface area contributed by atoms with Gasteiger partial charge in [0.15, 0.2) is 0 Å². The van der Waals surface area contributed by atoms with E-state index < -0.39 is 0 Å². The molecule has 0 atom stereocenters. The Morgan fingerprint density at radius 2 is 1.72 bits per heavy atom. The minimum Gasteiger partial charge on any atom is -0.497 e. The maximum Gasteiger partial charge on any atom is 0.118 e. The summed E-state index contributed by atoms with van der Waals surface area (Å²) in [5.74, 6) is 0.867. The van der Waals surface area contributed by atoms with Gasteiger partial charge >= 0.3 is 0 Å². The van der Waals surface area contributed by atoms with Crippen LogP contribution < -0.4 is 4.74 Å². The third-order valence-corrected chi connectivity index (χ3v) is 3.78. The molecular formula is C15H16O2S. The Kier molecular flexibility index (Phi) is 4.28. The summed E-state index contributed by atoms with van der Waals surface area (Å²) in [5.41, 5.74) is 2.10. The van der Waals surface area contributed by atoms with E-state index in [4.69, 9.17) is 9.84 Å². The van der Waals surface area contributed by atoms with E-state index in [1.54, 1.807) is 18.9 Å². The van der Waals surface area contributed by atoms with E-state index in [1.807, 2.05) is 43.3 Å². The minimum absolute atomic E-state index is 0.0965. The van der Waals surface area contributed by atoms with Crippen molar-refractivity contribution in [3.8, 4) is 5.75 Å². The zero-order valence-electron chi connectivity index (χ0n) is 10.5. The molecule has 0 aliphatic carbocycles. The molecule has 0 amide bonds. The highest BCUT2D eigenvalue weighted by Gasteiger charge is 2.01. The maximum absolute atomic E-state index is 9.14. The summed E-state index contributed by atoms with van der Waals surface area (Å²) in [6.45, 7) is 2.11. The number of ether oxygens (including phenoxy) is 1. The van der Waals surface area contributed by atoms with Crippen molar-refractivity contribution < 1.29 is 9.84 Å². The molecule has 0 radical (unpaired) electrons. The lowest BCUT2D eigenvalue weighted by Gasteiger charge is -2.07. The van der Waals surface area contributed by atoms with Crippen LogP contribution in [0.25, 0.3) is 0 Å². The van der Waals surface area contributed by atoms with E-state index in [-0.39, 0.29) is 6.61 Å². The first-order valence-electron chi connectivity index (χ1n) is 5.75. The Bertz CT molecular complexity index is 521. The van der Waals surface area contributed by atoms with Gasteiger partial charge in [0.25, 0.3) is 0 Å². The molecule has 94 valence electrons. The van der Waals surface area contributed by atoms with Gasteiger partial charge in [-0.1, -0.05) is 17.8 Å². The second-order valence-electron chi connectivity index (χ2n) is 4.02. The largest absolute Gasteiger partial charge is 0.497 e. The predicted molar refractivity (Wildman–Crippen MR) is 74.2 cm³/mol. The first-order valence-corrected chi connectivity index (χ1v) is 6.57. The third kappa shape index (κ3) is 3.06. The Balaban J connectivity index is 2.15. The maximum atomic E-state index is 9.14. The minimum atomic E-state index is 0.0965. The molecule has 18 heavy (non-hydrogen) atoms. The van der Waals surface area contributed by atoms with Gasteiger partial charge in [0, 0.05) is 9.79 Å². The van der Waals surface area contributed by atoms with Crippen molar-refractivity contribution >= 4 is 11.8 Å². The third-order valence-electron chi connectivity index (χ3n) is 2.78. The quantitative estimate of drug-likeness (QED) is 0.910. The fourth-order valence-electron chi connectivity index (χ4n) is 1.69. The van der Waals surface area contributed by atoms with Crippen LogP contribution in [-0.4, -0.2) is 12.2 Å². The molecule has 2 aromatic rings. The Labute approximate surface area is 112 Å². The van der Waals surface area contributed by atoms with Gasteiger partial charge in [-0.05, 0) is 54.4 Å². The molecule has 0 saturated heterocycles. The SMILES string of the molecule is COc1ccc(Sc2ccc(CO)c(C)c2)cc1. The summed E-state index contributed by atoms with van der Waals surface area (Å²) in [6.07, 6.45) is 0. The van der Waals surface area contributed by atoms with Crippen LogP contribution >= 0.6 is 11.8 Å². The van der Waals surface area contributed by atoms with E-state index in [0.29, 0.717) is 0 Å². The van der Waals surface area contributed by atoms with Crippen molar-refractivity contribution in [1.29, 1.82) is 0 Å². The average molecular weight is 260 g/mol. The van der Waals surface area contributed by atoms with Crippen molar-refractivity contribution in [3.05, 3.63) is 53.6 Å². The number of aliphatic hydroxyl groups is 1. The van der Waals surface area contributed by atoms with Crippen molar-refractivity contribution in [3.63, 3.8) is 0 Å². The van der Waals surface area contributed by atoms with Gasteiger partial charge in [-0.15, -0.1) is 0 Å². The summed E-state index contributed by atoms with van der Waals surface area (Å²) < 4.78 is 5.13. The fourth-order valence-corrected chi connectivity index (χ4v) is 2.61. The van der Waals surface area contributed by atoms with Crippen LogP contribution in [0.4, 0.5) is 0 Å². The van der Waals surface area contributed by atoms with Gasteiger partial charge in [0.1, 0.15) is 5.75 Å². The normalized spacial score (nSPS) is 10.4. The van der Waals surface area contributed by atoms with Crippen LogP contribution in [-0.2, 0) is 6.61 Å². The summed E-state index contributed by atoms with van der Waals surface area (Å²) in [7, 11) is 1.67. The smallest absolute Gasteiger partial charge is 0.118 e. The molecular weight excluding hydrogens is 244 g/mol. The van der Waals surface area contributed by atoms with E-state index in [0.717, 1.165) is 16.9 Å². The molecule has 0 spiro atoms. The molecule has 0 aromatic heterocycles. The second-order valence-corrected chi connectivity index (χ2v) is 5.17. The Morgan fingerprint density at radius 1 is 1.06 bits per heavy atom. The molecule has 2 rings (SSSR count). The van der Waals surface area contributed by atoms with Crippen molar-refractivity contribution in [2.75, 3.05) is 7.11 Å². The standard InChI is InChI=1S/C15H16O2S/c1-11-9-15(6-3-12(11)10-16)18-14-7-4-13(17-2)5-8-14/h3-9,16H,10H2,1-2H3. The van der Waals surface area contributed by atoms with Crippen molar-refractivity contribution in [2.24, 2.45) is 0 Å². The topological polar surface area (TPSA) is 29.5 Å². The number of hydrogen-bond donors (Lipinski definition) is 1. The number of benzene rings is 2. The number of hydrogen-bond acceptors (Lipinski definition) is 3. The van der Waals surface area contributed by atoms with Gasteiger partial charge in [-0.25, -0.2) is 0 Å². The molecule has 2 aromatic carbocycles. The van der Waals surface area contributed by atoms with Crippen molar-refractivity contribution in [1.82, 2.24) is 0 Å². The zero-order chi connectivity index (χ0) is 13.0. The molecule has 1 N–H and O–H groups in total. The van der Waals surface area contributed by atoms with E-state index in [2.05, 4.69) is 6.07 Å². The Hall–Kier alpha value is -1.45. The lowest BCUT2D eigenvalue weighted by molar-refractivity contribution is 0.281. The highest BCUT2D eigenvalue weighted by molar-refractivity contribution is 7.99. The number of aryl methyl sites for hydroxylation is 1. The van der Waals surface area contributed by atoms with Crippen LogP contribution in [0.3, 0.4) is 0 Å². The first kappa shape index (κ1) is 13.0. The van der Waals surface area contributed by atoms with Gasteiger partial charge in [-0.3, -0.25) is 0 Å². The summed E-state index contributed by atoms with van der Waals surface area (Å²) in [4.78, 5) is 2.35. The van der Waals surface area contributed by atoms with Crippen LogP contribution in [0.2, 0.25) is 0 Å². The molecule has 0 fully saturated rings. The Morgan fingerprint density at radius 3 is 2.28 bits per heavy atom. The molecule has 0 aliphatic heterocycles. The highest BCUT2D eigenvalue weighted by atomic mass is 32.2. The monoisotopic (exact) mass is 260 g/mol. The number of methoxy groups -OCH3 is 1. The highest BCUT2D eigenvalue weighted by Crippen LogP contribution is 2.30. The van der Waals surface area contributed by atoms with E-state index >= 15 is 0 Å². The van der Waals surface area contributed by atoms with E-state index in [9.17, 15) is 0 Å². The van der Waals surface area contributed by atoms with Crippen LogP contribution in [0, 0.1) is 6.92 Å². The molecule has 0 bridgehead atoms. The van der Waals surface area contributed by atoms with Gasteiger partial charge in [-0.2, -0.15) is 0 Å². The average Bonchev–Trinajstić information content (AvgIpc) is 2.40. The summed E-state index contributed by atoms with van der Waals surface area (Å²) in [6, 6.07) is 14.1. The first-order chi connectivity index (χ1) is 8.72. The fraction of sp³-hybridized carbons (Fsp3) is 0.200. The lowest BCUT2D eigenvalue weighted by atomic mass is 10.1. The molecule has 0 saturated carbocycles. The van der Waals surface area contributed by atoms with Crippen LogP contribution in [0.1, 0.15) is 11.1 Å². The zero-order valence-corrected chi connectivity index (χ0v) is 11.3. The van der Waals surface area contributed by atoms with Gasteiger partial charge < -0.3 is 9.84 Å². The molecule has 0 heterocycles. The van der Waals surface area contributed by atoms with Crippen LogP contribution in [0.15, 0.2) is 52.3 Å². The second kappa shape index (κ2) is 5.94. The predicted octanol–water partition coefficient (Wildman–Crippen LogP) is 3.65. The molecule has 0 aliphatic rings. The molecule has 2 nitrogen and oxygen atoms in total. The molecule has 3 heteroatoms. The number of rotatable bonds is 4. The van der Waals surface area contributed by atoms with Gasteiger partial charge in [0.05, 0.1) is 13.7 Å². The van der Waals surface area contributed by atoms with Crippen molar-refractivity contribution in [2.45, 2.75) is 23.3 Å². The number of aliphatic hydroxyl groups excluding tert-OH is 1. The summed E-state index contributed by atoms with van der Waals surface area (Å²) >= 11 is 1.70. The lowest BCUT2D eigenvalue weighted by Crippen LogP contribution is -1.88. The van der Waals surface area contributed by atoms with E-state index in [1.165, 1.54) is 9.79 Å². The van der Waals surface area contributed by atoms with Gasteiger partial charge in [0.2, 0.25) is 0 Å². The summed E-state index contributed by atoms with van der Waals surface area (Å²) in [5, 5.41) is 9.14. The molecule has 0 unspecified atom stereocenters. The van der Waals surface area contributed by atoms with Crippen LogP contribution in [0.5, 0.6) is 5.75 Å².